The molecule has 1 aromatic heterocycles. The molecule has 1 amide bonds. The predicted molar refractivity (Wildman–Crippen MR) is 108 cm³/mol. The van der Waals surface area contributed by atoms with Crippen molar-refractivity contribution in [2.24, 2.45) is 0 Å². The van der Waals surface area contributed by atoms with E-state index in [0.29, 0.717) is 33.7 Å². The monoisotopic (exact) mass is 416 g/mol. The molecule has 10 heteroatoms. The molecule has 0 atom stereocenters. The highest BCUT2D eigenvalue weighted by Crippen LogP contribution is 2.24. The molecule has 0 aliphatic carbocycles. The van der Waals surface area contributed by atoms with E-state index in [2.05, 4.69) is 4.98 Å². The fourth-order valence-corrected chi connectivity index (χ4v) is 3.25. The highest BCUT2D eigenvalue weighted by atomic mass is 35.5. The van der Waals surface area contributed by atoms with E-state index >= 15 is 0 Å². The fourth-order valence-electron chi connectivity index (χ4n) is 3.07. The number of rotatable bonds is 5. The molecule has 0 saturated heterocycles. The first-order valence-electron chi connectivity index (χ1n) is 8.68. The number of hydrogen-bond acceptors (Lipinski definition) is 5. The van der Waals surface area contributed by atoms with Crippen LogP contribution in [0.5, 0.6) is 0 Å². The Hall–Kier alpha value is -3.46. The molecule has 3 aromatic rings. The molecule has 9 nitrogen and oxygen atoms in total. The number of carbonyl (C=O) groups is 1. The lowest BCUT2D eigenvalue weighted by atomic mass is 10.1. The number of carbonyl (C=O) groups excluding carboxylic acids is 1. The standard InChI is InChI=1S/C19H17ClN4O5/c1-3-23-16-7-4-11(9-15(16)21-17(25)19(23)27)18(26)22(2)10-12-8-13(24(28)29)5-6-14(12)20/h4-9H,3,10H2,1-2H3,(H,21,25). The van der Waals surface area contributed by atoms with Gasteiger partial charge < -0.3 is 14.5 Å². The number of aromatic amines is 1. The van der Waals surface area contributed by atoms with Crippen molar-refractivity contribution in [3.63, 3.8) is 0 Å². The zero-order valence-electron chi connectivity index (χ0n) is 15.6. The summed E-state index contributed by atoms with van der Waals surface area (Å²) in [5.41, 5.74) is 0.0645. The summed E-state index contributed by atoms with van der Waals surface area (Å²) >= 11 is 6.11. The van der Waals surface area contributed by atoms with E-state index in [4.69, 9.17) is 11.6 Å². The van der Waals surface area contributed by atoms with Gasteiger partial charge in [-0.3, -0.25) is 24.5 Å². The van der Waals surface area contributed by atoms with E-state index in [-0.39, 0.29) is 18.1 Å². The van der Waals surface area contributed by atoms with Gasteiger partial charge in [0, 0.05) is 42.9 Å². The summed E-state index contributed by atoms with van der Waals surface area (Å²) in [5.74, 6) is -0.371. The quantitative estimate of drug-likeness (QED) is 0.389. The highest BCUT2D eigenvalue weighted by molar-refractivity contribution is 6.31. The van der Waals surface area contributed by atoms with Crippen LogP contribution in [-0.4, -0.2) is 32.3 Å². The number of hydrogen-bond donors (Lipinski definition) is 1. The fraction of sp³-hybridized carbons (Fsp3) is 0.211. The molecular weight excluding hydrogens is 400 g/mol. The molecule has 0 saturated carbocycles. The minimum absolute atomic E-state index is 0.0579. The first-order valence-corrected chi connectivity index (χ1v) is 9.06. The number of nitrogens with zero attached hydrogens (tertiary/aromatic N) is 3. The van der Waals surface area contributed by atoms with Gasteiger partial charge in [-0.05, 0) is 36.8 Å². The van der Waals surface area contributed by atoms with E-state index < -0.39 is 16.0 Å². The molecule has 0 aliphatic rings. The van der Waals surface area contributed by atoms with Gasteiger partial charge in [0.25, 0.3) is 11.6 Å². The van der Waals surface area contributed by atoms with Crippen molar-refractivity contribution >= 4 is 34.2 Å². The number of non-ortho nitro benzene ring substituents is 1. The maximum absolute atomic E-state index is 12.8. The second-order valence-corrected chi connectivity index (χ2v) is 6.84. The third-order valence-corrected chi connectivity index (χ3v) is 4.90. The summed E-state index contributed by atoms with van der Waals surface area (Å²) in [6.07, 6.45) is 0. The Kier molecular flexibility index (Phi) is 5.51. The number of H-pyrrole nitrogens is 1. The normalized spacial score (nSPS) is 10.9. The Labute approximate surface area is 169 Å². The van der Waals surface area contributed by atoms with Gasteiger partial charge in [-0.15, -0.1) is 0 Å². The van der Waals surface area contributed by atoms with Gasteiger partial charge >= 0.3 is 11.1 Å². The van der Waals surface area contributed by atoms with Crippen molar-refractivity contribution in [3.8, 4) is 0 Å². The predicted octanol–water partition coefficient (Wildman–Crippen LogP) is 2.54. The number of aryl methyl sites for hydroxylation is 1. The van der Waals surface area contributed by atoms with Crippen LogP contribution in [0, 0.1) is 10.1 Å². The molecular formula is C19H17ClN4O5. The third kappa shape index (κ3) is 3.90. The molecule has 1 heterocycles. The van der Waals surface area contributed by atoms with Gasteiger partial charge in [-0.2, -0.15) is 0 Å². The van der Waals surface area contributed by atoms with Gasteiger partial charge in [0.2, 0.25) is 0 Å². The van der Waals surface area contributed by atoms with Crippen molar-refractivity contribution in [1.82, 2.24) is 14.5 Å². The minimum Gasteiger partial charge on any atom is -0.337 e. The lowest BCUT2D eigenvalue weighted by Gasteiger charge is -2.18. The molecule has 0 spiro atoms. The van der Waals surface area contributed by atoms with Crippen molar-refractivity contribution in [3.05, 3.63) is 83.4 Å². The van der Waals surface area contributed by atoms with Crippen LogP contribution in [0.3, 0.4) is 0 Å². The smallest absolute Gasteiger partial charge is 0.316 e. The summed E-state index contributed by atoms with van der Waals surface area (Å²) < 4.78 is 1.33. The second kappa shape index (κ2) is 7.88. The molecule has 2 aromatic carbocycles. The Bertz CT molecular complexity index is 1250. The summed E-state index contributed by atoms with van der Waals surface area (Å²) in [6.45, 7) is 2.12. The van der Waals surface area contributed by atoms with Crippen LogP contribution in [0.25, 0.3) is 11.0 Å². The van der Waals surface area contributed by atoms with Crippen molar-refractivity contribution in [2.45, 2.75) is 20.0 Å². The molecule has 29 heavy (non-hydrogen) atoms. The van der Waals surface area contributed by atoms with Gasteiger partial charge in [-0.25, -0.2) is 0 Å². The molecule has 150 valence electrons. The van der Waals surface area contributed by atoms with Crippen molar-refractivity contribution in [2.75, 3.05) is 7.05 Å². The first-order chi connectivity index (χ1) is 13.7. The molecule has 0 unspecified atom stereocenters. The topological polar surface area (TPSA) is 118 Å². The van der Waals surface area contributed by atoms with Crippen LogP contribution >= 0.6 is 11.6 Å². The van der Waals surface area contributed by atoms with E-state index in [1.807, 2.05) is 0 Å². The second-order valence-electron chi connectivity index (χ2n) is 6.43. The number of halogens is 1. The van der Waals surface area contributed by atoms with E-state index in [9.17, 15) is 24.5 Å². The lowest BCUT2D eigenvalue weighted by Crippen LogP contribution is -2.36. The van der Waals surface area contributed by atoms with E-state index in [0.717, 1.165) is 0 Å². The van der Waals surface area contributed by atoms with Crippen LogP contribution in [0.2, 0.25) is 5.02 Å². The average Bonchev–Trinajstić information content (AvgIpc) is 2.69. The van der Waals surface area contributed by atoms with Gasteiger partial charge in [0.05, 0.1) is 16.0 Å². The van der Waals surface area contributed by atoms with Gasteiger partial charge in [0.1, 0.15) is 0 Å². The number of nitro groups is 1. The SMILES string of the molecule is CCn1c(=O)c(=O)[nH]c2cc(C(=O)N(C)Cc3cc([N+](=O)[O-])ccc3Cl)ccc21. The Morgan fingerprint density at radius 3 is 2.62 bits per heavy atom. The van der Waals surface area contributed by atoms with Gasteiger partial charge in [0.15, 0.2) is 0 Å². The van der Waals surface area contributed by atoms with E-state index in [1.54, 1.807) is 19.1 Å². The molecule has 0 bridgehead atoms. The first kappa shape index (κ1) is 20.3. The minimum atomic E-state index is -0.763. The molecule has 0 radical (unpaired) electrons. The number of aromatic nitrogens is 2. The van der Waals surface area contributed by atoms with Crippen LogP contribution in [0.15, 0.2) is 46.0 Å². The molecule has 0 aliphatic heterocycles. The van der Waals surface area contributed by atoms with Crippen LogP contribution in [-0.2, 0) is 13.1 Å². The number of amides is 1. The van der Waals surface area contributed by atoms with Crippen molar-refractivity contribution < 1.29 is 9.72 Å². The maximum Gasteiger partial charge on any atom is 0.316 e. The largest absolute Gasteiger partial charge is 0.337 e. The summed E-state index contributed by atoms with van der Waals surface area (Å²) in [6, 6.07) is 8.68. The number of fused-ring (bicyclic) bond motifs is 1. The maximum atomic E-state index is 12.8. The van der Waals surface area contributed by atoms with Crippen LogP contribution in [0.1, 0.15) is 22.8 Å². The molecule has 1 N–H and O–H groups in total. The van der Waals surface area contributed by atoms with Crippen LogP contribution < -0.4 is 11.1 Å². The number of nitrogens with one attached hydrogen (secondary N) is 1. The van der Waals surface area contributed by atoms with Crippen molar-refractivity contribution in [1.29, 1.82) is 0 Å². The average molecular weight is 417 g/mol. The third-order valence-electron chi connectivity index (χ3n) is 4.53. The summed E-state index contributed by atoms with van der Waals surface area (Å²) in [5, 5.41) is 11.3. The summed E-state index contributed by atoms with van der Waals surface area (Å²) in [4.78, 5) is 50.9. The van der Waals surface area contributed by atoms with Crippen LogP contribution in [0.4, 0.5) is 5.69 Å². The van der Waals surface area contributed by atoms with E-state index in [1.165, 1.54) is 40.8 Å². The number of nitro benzene ring substituents is 1. The number of benzene rings is 2. The Balaban J connectivity index is 1.94. The zero-order chi connectivity index (χ0) is 21.3. The Morgan fingerprint density at radius 2 is 1.97 bits per heavy atom. The lowest BCUT2D eigenvalue weighted by molar-refractivity contribution is -0.384. The zero-order valence-corrected chi connectivity index (χ0v) is 16.4. The molecule has 3 rings (SSSR count). The summed E-state index contributed by atoms with van der Waals surface area (Å²) in [7, 11) is 1.54. The Morgan fingerprint density at radius 1 is 1.24 bits per heavy atom. The molecule has 0 fully saturated rings. The highest BCUT2D eigenvalue weighted by Gasteiger charge is 2.17. The van der Waals surface area contributed by atoms with Gasteiger partial charge in [-0.1, -0.05) is 11.6 Å².